The van der Waals surface area contributed by atoms with Crippen LogP contribution in [0.1, 0.15) is 0 Å². The predicted octanol–water partition coefficient (Wildman–Crippen LogP) is 16.7. The van der Waals surface area contributed by atoms with E-state index in [9.17, 15) is 0 Å². The number of nitrogens with zero attached hydrogens (tertiary/aromatic N) is 5. The lowest BCUT2D eigenvalue weighted by atomic mass is 10.0. The van der Waals surface area contributed by atoms with Crippen LogP contribution in [0.15, 0.2) is 241 Å². The van der Waals surface area contributed by atoms with Gasteiger partial charge in [-0.25, -0.2) is 9.97 Å². The number of fused-ring (bicyclic) bond motifs is 12. The first-order valence-corrected chi connectivity index (χ1v) is 23.7. The molecule has 0 N–H and O–H groups in total. The molecule has 0 aliphatic carbocycles. The van der Waals surface area contributed by atoms with Crippen molar-refractivity contribution in [3.05, 3.63) is 237 Å². The molecule has 0 unspecified atom stereocenters. The summed E-state index contributed by atoms with van der Waals surface area (Å²) in [5.41, 5.74) is 16.0. The van der Waals surface area contributed by atoms with Gasteiger partial charge in [0.2, 0.25) is 0 Å². The van der Waals surface area contributed by atoms with Gasteiger partial charge >= 0.3 is 0 Å². The number of furan rings is 1. The summed E-state index contributed by atoms with van der Waals surface area (Å²) in [4.78, 5) is 10.9. The number of para-hydroxylation sites is 7. The number of benzene rings is 10. The third-order valence-electron chi connectivity index (χ3n) is 14.2. The number of hydrogen-bond donors (Lipinski definition) is 0. The first kappa shape index (κ1) is 38.6. The second kappa shape index (κ2) is 15.0. The molecule has 0 aliphatic rings. The molecular formula is C64H39N5O. The predicted molar refractivity (Wildman–Crippen MR) is 289 cm³/mol. The van der Waals surface area contributed by atoms with Crippen LogP contribution in [0.3, 0.4) is 0 Å². The van der Waals surface area contributed by atoms with Crippen molar-refractivity contribution in [2.45, 2.75) is 0 Å². The van der Waals surface area contributed by atoms with E-state index < -0.39 is 0 Å². The van der Waals surface area contributed by atoms with Crippen LogP contribution in [-0.2, 0) is 0 Å². The third-order valence-corrected chi connectivity index (χ3v) is 14.2. The summed E-state index contributed by atoms with van der Waals surface area (Å²) in [5, 5.41) is 9.26. The van der Waals surface area contributed by atoms with Crippen LogP contribution in [-0.4, -0.2) is 23.7 Å². The summed E-state index contributed by atoms with van der Waals surface area (Å²) < 4.78 is 13.8. The second-order valence-corrected chi connectivity index (χ2v) is 18.1. The Labute approximate surface area is 401 Å². The minimum absolute atomic E-state index is 0.647. The molecule has 0 radical (unpaired) electrons. The molecule has 5 aromatic heterocycles. The fraction of sp³-hybridized carbons (Fsp3) is 0. The Hall–Kier alpha value is -9.52. The second-order valence-electron chi connectivity index (χ2n) is 18.1. The summed E-state index contributed by atoms with van der Waals surface area (Å²) in [5.74, 6) is 0.647. The Balaban J connectivity index is 1.13. The van der Waals surface area contributed by atoms with Crippen LogP contribution in [0.2, 0.25) is 0 Å². The molecule has 15 rings (SSSR count). The number of rotatable bonds is 6. The maximum atomic E-state index is 6.30. The Morgan fingerprint density at radius 1 is 0.271 bits per heavy atom. The van der Waals surface area contributed by atoms with Gasteiger partial charge in [0.15, 0.2) is 5.82 Å². The van der Waals surface area contributed by atoms with Crippen LogP contribution in [0.25, 0.3) is 138 Å². The summed E-state index contributed by atoms with van der Waals surface area (Å²) >= 11 is 0. The Morgan fingerprint density at radius 3 is 1.14 bits per heavy atom. The van der Waals surface area contributed by atoms with Gasteiger partial charge in [-0.05, 0) is 78.9 Å². The molecule has 0 amide bonds. The van der Waals surface area contributed by atoms with E-state index >= 15 is 0 Å². The molecule has 0 fully saturated rings. The molecule has 5 heterocycles. The van der Waals surface area contributed by atoms with E-state index in [0.717, 1.165) is 100 Å². The molecule has 0 saturated heterocycles. The van der Waals surface area contributed by atoms with Crippen LogP contribution < -0.4 is 0 Å². The minimum atomic E-state index is 0.647. The van der Waals surface area contributed by atoms with E-state index in [-0.39, 0.29) is 0 Å². The van der Waals surface area contributed by atoms with Gasteiger partial charge in [-0.2, -0.15) is 0 Å². The van der Waals surface area contributed by atoms with Crippen molar-refractivity contribution >= 4 is 87.4 Å². The lowest BCUT2D eigenvalue weighted by Gasteiger charge is -2.23. The highest BCUT2D eigenvalue weighted by Crippen LogP contribution is 2.45. The normalized spacial score (nSPS) is 12.0. The van der Waals surface area contributed by atoms with Gasteiger partial charge in [0, 0.05) is 59.8 Å². The quantitative estimate of drug-likeness (QED) is 0.167. The van der Waals surface area contributed by atoms with Crippen LogP contribution in [0, 0.1) is 0 Å². The first-order valence-electron chi connectivity index (χ1n) is 23.7. The van der Waals surface area contributed by atoms with Crippen molar-refractivity contribution in [2.24, 2.45) is 0 Å². The molecule has 10 aromatic carbocycles. The molecule has 326 valence electrons. The van der Waals surface area contributed by atoms with Gasteiger partial charge in [0.25, 0.3) is 0 Å². The summed E-state index contributed by atoms with van der Waals surface area (Å²) in [6.45, 7) is 0. The molecule has 0 spiro atoms. The number of aromatic nitrogens is 5. The Bertz CT molecular complexity index is 4310. The van der Waals surface area contributed by atoms with E-state index in [0.29, 0.717) is 5.82 Å². The summed E-state index contributed by atoms with van der Waals surface area (Å²) in [7, 11) is 0. The van der Waals surface area contributed by atoms with Crippen LogP contribution in [0.5, 0.6) is 0 Å². The third kappa shape index (κ3) is 5.68. The monoisotopic (exact) mass is 893 g/mol. The molecule has 0 atom stereocenters. The van der Waals surface area contributed by atoms with Crippen molar-refractivity contribution in [1.29, 1.82) is 0 Å². The standard InChI is InChI=1S/C64H39N5O/c1-2-18-40(19-3-1)64-65-51(41-34-35-62-50(36-41)49-26-10-17-33-61(49)70-62)39-52(66-64)42-37-59(67-53-27-11-4-20-43(53)44-21-5-12-28-54(44)67)63(69-57-31-15-8-24-47(57)48-25-9-16-32-58(48)69)60(38-42)68-55-29-13-6-22-45(55)46-23-7-14-30-56(46)68/h1-39H. The molecule has 0 aliphatic heterocycles. The topological polar surface area (TPSA) is 53.7 Å². The molecule has 0 bridgehead atoms. The van der Waals surface area contributed by atoms with E-state index in [2.05, 4.69) is 232 Å². The number of hydrogen-bond acceptors (Lipinski definition) is 3. The minimum Gasteiger partial charge on any atom is -0.456 e. The van der Waals surface area contributed by atoms with E-state index in [1.165, 1.54) is 32.3 Å². The van der Waals surface area contributed by atoms with Crippen molar-refractivity contribution < 1.29 is 4.42 Å². The molecule has 6 nitrogen and oxygen atoms in total. The molecule has 15 aromatic rings. The van der Waals surface area contributed by atoms with Crippen molar-refractivity contribution in [3.8, 4) is 51.0 Å². The van der Waals surface area contributed by atoms with Gasteiger partial charge in [-0.3, -0.25) is 0 Å². The van der Waals surface area contributed by atoms with Gasteiger partial charge in [-0.15, -0.1) is 0 Å². The molecular weight excluding hydrogens is 855 g/mol. The lowest BCUT2D eigenvalue weighted by molar-refractivity contribution is 0.669. The average Bonchev–Trinajstić information content (AvgIpc) is 4.17. The summed E-state index contributed by atoms with van der Waals surface area (Å²) in [6.07, 6.45) is 0. The Kier molecular flexibility index (Phi) is 8.26. The van der Waals surface area contributed by atoms with E-state index in [4.69, 9.17) is 14.4 Å². The largest absolute Gasteiger partial charge is 0.456 e. The highest BCUT2D eigenvalue weighted by molar-refractivity contribution is 6.14. The zero-order valence-corrected chi connectivity index (χ0v) is 37.7. The zero-order chi connectivity index (χ0) is 45.9. The Morgan fingerprint density at radius 2 is 0.657 bits per heavy atom. The smallest absolute Gasteiger partial charge is 0.160 e. The summed E-state index contributed by atoms with van der Waals surface area (Å²) in [6, 6.07) is 84.6. The van der Waals surface area contributed by atoms with Crippen LogP contribution >= 0.6 is 0 Å². The molecule has 0 saturated carbocycles. The van der Waals surface area contributed by atoms with E-state index in [1.54, 1.807) is 0 Å². The van der Waals surface area contributed by atoms with Crippen molar-refractivity contribution in [3.63, 3.8) is 0 Å². The van der Waals surface area contributed by atoms with E-state index in [1.807, 2.05) is 18.2 Å². The fourth-order valence-electron chi connectivity index (χ4n) is 11.2. The van der Waals surface area contributed by atoms with Crippen LogP contribution in [0.4, 0.5) is 0 Å². The highest BCUT2D eigenvalue weighted by Gasteiger charge is 2.27. The van der Waals surface area contributed by atoms with Crippen molar-refractivity contribution in [1.82, 2.24) is 23.7 Å². The zero-order valence-electron chi connectivity index (χ0n) is 37.7. The molecule has 6 heteroatoms. The van der Waals surface area contributed by atoms with Gasteiger partial charge in [0.1, 0.15) is 11.2 Å². The first-order chi connectivity index (χ1) is 34.7. The molecule has 70 heavy (non-hydrogen) atoms. The SMILES string of the molecule is c1ccc(-c2nc(-c3cc(-n4c5ccccc5c5ccccc54)c(-n4c5ccccc5c5ccccc54)c(-n4c5ccccc5c5ccccc54)c3)cc(-c3ccc4oc5ccccc5c4c3)n2)cc1. The lowest BCUT2D eigenvalue weighted by Crippen LogP contribution is -2.10. The average molecular weight is 894 g/mol. The maximum Gasteiger partial charge on any atom is 0.160 e. The van der Waals surface area contributed by atoms with Crippen molar-refractivity contribution in [2.75, 3.05) is 0 Å². The fourth-order valence-corrected chi connectivity index (χ4v) is 11.2. The maximum absolute atomic E-state index is 6.30. The van der Waals surface area contributed by atoms with Gasteiger partial charge in [0.05, 0.1) is 61.6 Å². The van der Waals surface area contributed by atoms with Gasteiger partial charge < -0.3 is 18.1 Å². The highest BCUT2D eigenvalue weighted by atomic mass is 16.3. The van der Waals surface area contributed by atoms with Gasteiger partial charge in [-0.1, -0.05) is 158 Å².